The zero-order chi connectivity index (χ0) is 9.78. The van der Waals surface area contributed by atoms with E-state index in [-0.39, 0.29) is 12.0 Å². The van der Waals surface area contributed by atoms with Gasteiger partial charge in [-0.3, -0.25) is 5.41 Å². The Bertz CT molecular complexity index is 186. The molecule has 2 nitrogen and oxygen atoms in total. The summed E-state index contributed by atoms with van der Waals surface area (Å²) in [4.78, 5) is 0. The van der Waals surface area contributed by atoms with Gasteiger partial charge in [-0.1, -0.05) is 40.9 Å². The van der Waals surface area contributed by atoms with Crippen LogP contribution in [0.1, 0.15) is 13.8 Å². The lowest BCUT2D eigenvalue weighted by Crippen LogP contribution is -2.24. The minimum absolute atomic E-state index is 0.252. The summed E-state index contributed by atoms with van der Waals surface area (Å²) in [5.41, 5.74) is 0. The number of halogens is 3. The van der Waals surface area contributed by atoms with E-state index in [0.29, 0.717) is 0 Å². The molecule has 0 amide bonds. The molecule has 0 heterocycles. The first kappa shape index (κ1) is 12.1. The predicted molar refractivity (Wildman–Crippen MR) is 53.4 cm³/mol. The standard InChI is InChI=1S/C7H10Cl3NO/c1-3-4-5(2)12-6(11)7(8,9)10/h3-5,11H,1-2H3/b4-3+,11-6?. The van der Waals surface area contributed by atoms with Crippen molar-refractivity contribution in [3.05, 3.63) is 12.2 Å². The zero-order valence-corrected chi connectivity index (χ0v) is 9.04. The van der Waals surface area contributed by atoms with Gasteiger partial charge in [-0.05, 0) is 19.9 Å². The van der Waals surface area contributed by atoms with Crippen LogP contribution in [0.2, 0.25) is 0 Å². The van der Waals surface area contributed by atoms with Crippen molar-refractivity contribution in [2.45, 2.75) is 23.7 Å². The van der Waals surface area contributed by atoms with Crippen molar-refractivity contribution in [3.63, 3.8) is 0 Å². The highest BCUT2D eigenvalue weighted by Crippen LogP contribution is 2.28. The Morgan fingerprint density at radius 3 is 2.33 bits per heavy atom. The van der Waals surface area contributed by atoms with Crippen molar-refractivity contribution in [2.75, 3.05) is 0 Å². The average molecular weight is 231 g/mol. The fourth-order valence-corrected chi connectivity index (χ4v) is 0.697. The summed E-state index contributed by atoms with van der Waals surface area (Å²) < 4.78 is 3.19. The summed E-state index contributed by atoms with van der Waals surface area (Å²) >= 11 is 16.2. The van der Waals surface area contributed by atoms with Gasteiger partial charge in [-0.25, -0.2) is 0 Å². The molecule has 0 aromatic carbocycles. The number of alkyl halides is 3. The van der Waals surface area contributed by atoms with Gasteiger partial charge in [0.1, 0.15) is 6.10 Å². The molecule has 0 aliphatic heterocycles. The molecule has 1 unspecified atom stereocenters. The highest BCUT2D eigenvalue weighted by atomic mass is 35.6. The molecular formula is C7H10Cl3NO. The molecular weight excluding hydrogens is 220 g/mol. The Hall–Kier alpha value is 0.0800. The Labute approximate surface area is 86.9 Å². The second kappa shape index (κ2) is 4.95. The summed E-state index contributed by atoms with van der Waals surface area (Å²) in [6.45, 7) is 3.60. The van der Waals surface area contributed by atoms with Gasteiger partial charge in [0.05, 0.1) is 0 Å². The Morgan fingerprint density at radius 2 is 2.00 bits per heavy atom. The number of ether oxygens (including phenoxy) is 1. The van der Waals surface area contributed by atoms with Gasteiger partial charge in [-0.15, -0.1) is 0 Å². The molecule has 0 saturated heterocycles. The van der Waals surface area contributed by atoms with E-state index in [2.05, 4.69) is 0 Å². The van der Waals surface area contributed by atoms with Gasteiger partial charge in [0.2, 0.25) is 5.90 Å². The van der Waals surface area contributed by atoms with Crippen LogP contribution in [0.3, 0.4) is 0 Å². The van der Waals surface area contributed by atoms with Crippen LogP contribution in [0, 0.1) is 5.41 Å². The number of hydrogen-bond acceptors (Lipinski definition) is 2. The average Bonchev–Trinajstić information content (AvgIpc) is 1.85. The maximum Gasteiger partial charge on any atom is 0.265 e. The first-order chi connectivity index (χ1) is 5.38. The second-order valence-electron chi connectivity index (χ2n) is 2.18. The molecule has 12 heavy (non-hydrogen) atoms. The minimum atomic E-state index is -1.77. The van der Waals surface area contributed by atoms with Gasteiger partial charge in [-0.2, -0.15) is 0 Å². The molecule has 0 aliphatic carbocycles. The molecule has 0 saturated carbocycles. The van der Waals surface area contributed by atoms with E-state index in [4.69, 9.17) is 44.9 Å². The maximum atomic E-state index is 7.20. The van der Waals surface area contributed by atoms with Gasteiger partial charge in [0, 0.05) is 0 Å². The fraction of sp³-hybridized carbons (Fsp3) is 0.571. The van der Waals surface area contributed by atoms with E-state index in [1.54, 1.807) is 19.1 Å². The first-order valence-electron chi connectivity index (χ1n) is 3.33. The van der Waals surface area contributed by atoms with Gasteiger partial charge in [0.15, 0.2) is 0 Å². The van der Waals surface area contributed by atoms with Crippen LogP contribution in [0.15, 0.2) is 12.2 Å². The largest absolute Gasteiger partial charge is 0.471 e. The summed E-state index contributed by atoms with van der Waals surface area (Å²) in [7, 11) is 0. The van der Waals surface area contributed by atoms with Gasteiger partial charge >= 0.3 is 0 Å². The smallest absolute Gasteiger partial charge is 0.265 e. The van der Waals surface area contributed by atoms with Crippen LogP contribution in [-0.2, 0) is 4.74 Å². The van der Waals surface area contributed by atoms with Gasteiger partial charge < -0.3 is 4.74 Å². The third-order valence-electron chi connectivity index (χ3n) is 1.02. The van der Waals surface area contributed by atoms with Crippen LogP contribution in [0.25, 0.3) is 0 Å². The molecule has 1 atom stereocenters. The van der Waals surface area contributed by atoms with Crippen LogP contribution < -0.4 is 0 Å². The quantitative estimate of drug-likeness (QED) is 0.336. The normalized spacial score (nSPS) is 14.8. The van der Waals surface area contributed by atoms with E-state index < -0.39 is 3.79 Å². The van der Waals surface area contributed by atoms with Crippen molar-refractivity contribution in [2.24, 2.45) is 0 Å². The van der Waals surface area contributed by atoms with Crippen molar-refractivity contribution in [1.82, 2.24) is 0 Å². The Kier molecular flexibility index (Phi) is 4.98. The third kappa shape index (κ3) is 4.86. The summed E-state index contributed by atoms with van der Waals surface area (Å²) in [6, 6.07) is 0. The lowest BCUT2D eigenvalue weighted by Gasteiger charge is -2.16. The summed E-state index contributed by atoms with van der Waals surface area (Å²) in [5.74, 6) is -0.363. The molecule has 0 spiro atoms. The first-order valence-corrected chi connectivity index (χ1v) is 4.46. The van der Waals surface area contributed by atoms with Crippen LogP contribution >= 0.6 is 34.8 Å². The highest BCUT2D eigenvalue weighted by molar-refractivity contribution is 6.76. The lowest BCUT2D eigenvalue weighted by atomic mass is 10.3. The number of hydrogen-bond donors (Lipinski definition) is 1. The third-order valence-corrected chi connectivity index (χ3v) is 1.54. The van der Waals surface area contributed by atoms with Crippen molar-refractivity contribution < 1.29 is 4.74 Å². The van der Waals surface area contributed by atoms with Crippen LogP contribution in [0.4, 0.5) is 0 Å². The molecule has 0 aliphatic rings. The molecule has 5 heteroatoms. The van der Waals surface area contributed by atoms with E-state index in [1.807, 2.05) is 6.92 Å². The predicted octanol–water partition coefficient (Wildman–Crippen LogP) is 3.32. The maximum absolute atomic E-state index is 7.20. The summed E-state index contributed by atoms with van der Waals surface area (Å²) in [5, 5.41) is 7.20. The minimum Gasteiger partial charge on any atom is -0.471 e. The highest BCUT2D eigenvalue weighted by Gasteiger charge is 2.29. The van der Waals surface area contributed by atoms with Crippen LogP contribution in [-0.4, -0.2) is 15.8 Å². The molecule has 0 aromatic heterocycles. The van der Waals surface area contributed by atoms with E-state index in [0.717, 1.165) is 0 Å². The molecule has 0 bridgehead atoms. The Balaban J connectivity index is 4.02. The summed E-state index contributed by atoms with van der Waals surface area (Å²) in [6.07, 6.45) is 3.31. The SMILES string of the molecule is C/C=C/C(C)OC(=N)C(Cl)(Cl)Cl. The molecule has 0 radical (unpaired) electrons. The van der Waals surface area contributed by atoms with Crippen molar-refractivity contribution in [1.29, 1.82) is 5.41 Å². The monoisotopic (exact) mass is 229 g/mol. The number of allylic oxidation sites excluding steroid dienone is 1. The topological polar surface area (TPSA) is 33.1 Å². The lowest BCUT2D eigenvalue weighted by molar-refractivity contribution is 0.248. The fourth-order valence-electron chi connectivity index (χ4n) is 0.563. The van der Waals surface area contributed by atoms with E-state index in [1.165, 1.54) is 0 Å². The van der Waals surface area contributed by atoms with Crippen molar-refractivity contribution in [3.8, 4) is 0 Å². The van der Waals surface area contributed by atoms with E-state index >= 15 is 0 Å². The Morgan fingerprint density at radius 1 is 1.50 bits per heavy atom. The molecule has 70 valence electrons. The number of nitrogens with one attached hydrogen (secondary N) is 1. The van der Waals surface area contributed by atoms with Crippen LogP contribution in [0.5, 0.6) is 0 Å². The molecule has 0 aromatic rings. The number of rotatable bonds is 2. The van der Waals surface area contributed by atoms with Crippen molar-refractivity contribution >= 4 is 40.7 Å². The molecule has 0 rings (SSSR count). The van der Waals surface area contributed by atoms with E-state index in [9.17, 15) is 0 Å². The molecule has 1 N–H and O–H groups in total. The second-order valence-corrected chi connectivity index (χ2v) is 4.46. The zero-order valence-electron chi connectivity index (χ0n) is 6.77. The molecule has 0 fully saturated rings. The van der Waals surface area contributed by atoms with Gasteiger partial charge in [0.25, 0.3) is 3.79 Å².